The molecule has 0 fully saturated rings. The summed E-state index contributed by atoms with van der Waals surface area (Å²) in [6, 6.07) is 3.62. The quantitative estimate of drug-likeness (QED) is 0.827. The van der Waals surface area contributed by atoms with Gasteiger partial charge in [0.25, 0.3) is 0 Å². The molecule has 1 heterocycles. The molecular formula is C11H16F3N3. The molecule has 17 heavy (non-hydrogen) atoms. The zero-order chi connectivity index (χ0) is 12.7. The van der Waals surface area contributed by atoms with Crippen LogP contribution in [0.25, 0.3) is 0 Å². The van der Waals surface area contributed by atoms with Gasteiger partial charge in [-0.25, -0.2) is 0 Å². The highest BCUT2D eigenvalue weighted by atomic mass is 19.4. The standard InChI is InChI=1S/C11H16F3N3/c12-11(13,14)9-17(7-4-15)6-3-10-2-1-5-16-8-10/h1-2,5,8H,3-4,6-7,9,15H2. The summed E-state index contributed by atoms with van der Waals surface area (Å²) in [6.07, 6.45) is -0.334. The number of halogens is 3. The lowest BCUT2D eigenvalue weighted by Gasteiger charge is -2.22. The van der Waals surface area contributed by atoms with E-state index in [1.807, 2.05) is 6.07 Å². The summed E-state index contributed by atoms with van der Waals surface area (Å²) in [5.41, 5.74) is 6.22. The van der Waals surface area contributed by atoms with Crippen molar-refractivity contribution in [2.24, 2.45) is 5.73 Å². The molecule has 3 nitrogen and oxygen atoms in total. The molecule has 1 aromatic heterocycles. The van der Waals surface area contributed by atoms with Crippen LogP contribution in [0.5, 0.6) is 0 Å². The van der Waals surface area contributed by atoms with Crippen LogP contribution >= 0.6 is 0 Å². The third-order valence-electron chi connectivity index (χ3n) is 2.29. The molecule has 2 N–H and O–H groups in total. The van der Waals surface area contributed by atoms with Crippen molar-refractivity contribution in [3.63, 3.8) is 0 Å². The van der Waals surface area contributed by atoms with Gasteiger partial charge in [0.05, 0.1) is 6.54 Å². The van der Waals surface area contributed by atoms with Crippen molar-refractivity contribution in [3.8, 4) is 0 Å². The molecule has 0 aliphatic heterocycles. The highest BCUT2D eigenvalue weighted by Gasteiger charge is 2.30. The van der Waals surface area contributed by atoms with Gasteiger partial charge in [-0.2, -0.15) is 13.2 Å². The van der Waals surface area contributed by atoms with Gasteiger partial charge in [0.15, 0.2) is 0 Å². The highest BCUT2D eigenvalue weighted by molar-refractivity contribution is 5.08. The molecule has 0 spiro atoms. The molecule has 0 atom stereocenters. The maximum Gasteiger partial charge on any atom is 0.401 e. The van der Waals surface area contributed by atoms with Gasteiger partial charge in [0.2, 0.25) is 0 Å². The van der Waals surface area contributed by atoms with Crippen molar-refractivity contribution in [1.82, 2.24) is 9.88 Å². The number of nitrogens with two attached hydrogens (primary N) is 1. The Hall–Kier alpha value is -1.14. The minimum Gasteiger partial charge on any atom is -0.329 e. The summed E-state index contributed by atoms with van der Waals surface area (Å²) >= 11 is 0. The molecule has 0 amide bonds. The first-order valence-electron chi connectivity index (χ1n) is 5.39. The molecular weight excluding hydrogens is 231 g/mol. The number of hydrogen-bond acceptors (Lipinski definition) is 3. The van der Waals surface area contributed by atoms with Crippen molar-refractivity contribution in [2.75, 3.05) is 26.2 Å². The second kappa shape index (κ2) is 6.56. The van der Waals surface area contributed by atoms with Crippen molar-refractivity contribution in [2.45, 2.75) is 12.6 Å². The van der Waals surface area contributed by atoms with E-state index < -0.39 is 12.7 Å². The monoisotopic (exact) mass is 247 g/mol. The second-order valence-electron chi connectivity index (χ2n) is 3.79. The minimum absolute atomic E-state index is 0.225. The van der Waals surface area contributed by atoms with Crippen LogP contribution in [0.15, 0.2) is 24.5 Å². The van der Waals surface area contributed by atoms with Crippen LogP contribution < -0.4 is 5.73 Å². The van der Waals surface area contributed by atoms with Gasteiger partial charge in [-0.1, -0.05) is 6.07 Å². The topological polar surface area (TPSA) is 42.1 Å². The average molecular weight is 247 g/mol. The SMILES string of the molecule is NCCN(CCc1cccnc1)CC(F)(F)F. The fourth-order valence-corrected chi connectivity index (χ4v) is 1.54. The van der Waals surface area contributed by atoms with Crippen molar-refractivity contribution in [1.29, 1.82) is 0 Å². The predicted octanol–water partition coefficient (Wildman–Crippen LogP) is 1.45. The Morgan fingerprint density at radius 1 is 1.29 bits per heavy atom. The molecule has 96 valence electrons. The summed E-state index contributed by atoms with van der Waals surface area (Å²) in [5, 5.41) is 0. The molecule has 0 aromatic carbocycles. The lowest BCUT2D eigenvalue weighted by atomic mass is 10.2. The van der Waals surface area contributed by atoms with Crippen LogP contribution in [0.3, 0.4) is 0 Å². The van der Waals surface area contributed by atoms with Crippen LogP contribution in [-0.4, -0.2) is 42.2 Å². The number of pyridine rings is 1. The van der Waals surface area contributed by atoms with E-state index in [0.717, 1.165) is 5.56 Å². The fourth-order valence-electron chi connectivity index (χ4n) is 1.54. The predicted molar refractivity (Wildman–Crippen MR) is 59.5 cm³/mol. The van der Waals surface area contributed by atoms with Gasteiger partial charge in [-0.05, 0) is 18.1 Å². The highest BCUT2D eigenvalue weighted by Crippen LogP contribution is 2.16. The smallest absolute Gasteiger partial charge is 0.329 e. The lowest BCUT2D eigenvalue weighted by Crippen LogP contribution is -2.38. The molecule has 0 bridgehead atoms. The van der Waals surface area contributed by atoms with Gasteiger partial charge in [-0.3, -0.25) is 9.88 Å². The minimum atomic E-state index is -4.18. The molecule has 0 unspecified atom stereocenters. The van der Waals surface area contributed by atoms with E-state index in [1.165, 1.54) is 4.90 Å². The molecule has 0 radical (unpaired) electrons. The first kappa shape index (κ1) is 13.9. The Bertz CT molecular complexity index is 313. The number of alkyl halides is 3. The van der Waals surface area contributed by atoms with Crippen molar-refractivity contribution >= 4 is 0 Å². The molecule has 0 aliphatic carbocycles. The number of rotatable bonds is 6. The van der Waals surface area contributed by atoms with Crippen LogP contribution in [0, 0.1) is 0 Å². The number of aromatic nitrogens is 1. The zero-order valence-corrected chi connectivity index (χ0v) is 9.45. The van der Waals surface area contributed by atoms with E-state index in [2.05, 4.69) is 4.98 Å². The number of nitrogens with zero attached hydrogens (tertiary/aromatic N) is 2. The molecule has 1 rings (SSSR count). The third kappa shape index (κ3) is 6.23. The maximum atomic E-state index is 12.3. The zero-order valence-electron chi connectivity index (χ0n) is 9.45. The van der Waals surface area contributed by atoms with E-state index in [9.17, 15) is 13.2 Å². The van der Waals surface area contributed by atoms with Crippen LogP contribution in [0.4, 0.5) is 13.2 Å². The Morgan fingerprint density at radius 3 is 2.59 bits per heavy atom. The Labute approximate surface area is 98.4 Å². The van der Waals surface area contributed by atoms with Gasteiger partial charge >= 0.3 is 6.18 Å². The van der Waals surface area contributed by atoms with Crippen molar-refractivity contribution < 1.29 is 13.2 Å². The average Bonchev–Trinajstić information content (AvgIpc) is 2.26. The van der Waals surface area contributed by atoms with E-state index in [1.54, 1.807) is 18.5 Å². The van der Waals surface area contributed by atoms with Crippen LogP contribution in [0.2, 0.25) is 0 Å². The second-order valence-corrected chi connectivity index (χ2v) is 3.79. The molecule has 6 heteroatoms. The summed E-state index contributed by atoms with van der Waals surface area (Å²) in [7, 11) is 0. The van der Waals surface area contributed by atoms with Crippen molar-refractivity contribution in [3.05, 3.63) is 30.1 Å². The lowest BCUT2D eigenvalue weighted by molar-refractivity contribution is -0.145. The summed E-state index contributed by atoms with van der Waals surface area (Å²) in [6.45, 7) is -0.101. The summed E-state index contributed by atoms with van der Waals surface area (Å²) in [5.74, 6) is 0. The molecule has 0 aliphatic rings. The van der Waals surface area contributed by atoms with Gasteiger partial charge in [0, 0.05) is 32.0 Å². The first-order valence-corrected chi connectivity index (χ1v) is 5.39. The molecule has 0 saturated heterocycles. The Balaban J connectivity index is 2.44. The summed E-state index contributed by atoms with van der Waals surface area (Å²) < 4.78 is 36.8. The largest absolute Gasteiger partial charge is 0.401 e. The van der Waals surface area contributed by atoms with Gasteiger partial charge < -0.3 is 5.73 Å². The van der Waals surface area contributed by atoms with E-state index in [0.29, 0.717) is 13.0 Å². The Kier molecular flexibility index (Phi) is 5.37. The van der Waals surface area contributed by atoms with E-state index in [4.69, 9.17) is 5.73 Å². The van der Waals surface area contributed by atoms with E-state index in [-0.39, 0.29) is 13.1 Å². The summed E-state index contributed by atoms with van der Waals surface area (Å²) in [4.78, 5) is 5.23. The van der Waals surface area contributed by atoms with Crippen LogP contribution in [0.1, 0.15) is 5.56 Å². The van der Waals surface area contributed by atoms with Crippen LogP contribution in [-0.2, 0) is 6.42 Å². The van der Waals surface area contributed by atoms with Gasteiger partial charge in [0.1, 0.15) is 0 Å². The fraction of sp³-hybridized carbons (Fsp3) is 0.545. The van der Waals surface area contributed by atoms with E-state index >= 15 is 0 Å². The third-order valence-corrected chi connectivity index (χ3v) is 2.29. The number of hydrogen-bond donors (Lipinski definition) is 1. The normalized spacial score (nSPS) is 12.1. The molecule has 1 aromatic rings. The molecule has 0 saturated carbocycles. The Morgan fingerprint density at radius 2 is 2.06 bits per heavy atom. The maximum absolute atomic E-state index is 12.3. The van der Waals surface area contributed by atoms with Gasteiger partial charge in [-0.15, -0.1) is 0 Å². The first-order chi connectivity index (χ1) is 8.01.